The zero-order valence-corrected chi connectivity index (χ0v) is 16.2. The van der Waals surface area contributed by atoms with Gasteiger partial charge in [0.2, 0.25) is 5.91 Å². The van der Waals surface area contributed by atoms with E-state index in [0.29, 0.717) is 22.6 Å². The number of nitrogens with two attached hydrogens (primary N) is 1. The molecule has 26 heavy (non-hydrogen) atoms. The Labute approximate surface area is 156 Å². The summed E-state index contributed by atoms with van der Waals surface area (Å²) in [5.41, 5.74) is 5.51. The molecule has 2 rings (SSSR count). The van der Waals surface area contributed by atoms with Gasteiger partial charge in [-0.3, -0.25) is 19.5 Å². The highest BCUT2D eigenvalue weighted by Crippen LogP contribution is 2.28. The molecule has 1 atom stereocenters. The number of urea groups is 1. The number of carbonyl (C=O) groups is 2. The van der Waals surface area contributed by atoms with Gasteiger partial charge in [-0.25, -0.2) is 9.78 Å². The van der Waals surface area contributed by atoms with Crippen molar-refractivity contribution in [1.82, 2.24) is 14.9 Å². The predicted molar refractivity (Wildman–Crippen MR) is 103 cm³/mol. The van der Waals surface area contributed by atoms with Crippen molar-refractivity contribution < 1.29 is 9.59 Å². The van der Waals surface area contributed by atoms with E-state index in [0.717, 1.165) is 0 Å². The third-order valence-electron chi connectivity index (χ3n) is 3.72. The minimum atomic E-state index is -0.896. The number of aromatic nitrogens is 2. The largest absolute Gasteiger partial charge is 0.351 e. The molecular weight excluding hydrogens is 352 g/mol. The second-order valence-corrected chi connectivity index (χ2v) is 7.97. The molecule has 0 aliphatic heterocycles. The van der Waals surface area contributed by atoms with Crippen molar-refractivity contribution in [1.29, 1.82) is 0 Å². The molecule has 7 nitrogen and oxygen atoms in total. The van der Waals surface area contributed by atoms with E-state index in [1.54, 1.807) is 22.8 Å². The Morgan fingerprint density at radius 2 is 1.88 bits per heavy atom. The number of thioether (sulfide) groups is 1. The molecule has 0 bridgehead atoms. The Bertz CT molecular complexity index is 876. The number of imide groups is 1. The first kappa shape index (κ1) is 20.0. The van der Waals surface area contributed by atoms with Crippen LogP contribution < -0.4 is 16.6 Å². The summed E-state index contributed by atoms with van der Waals surface area (Å²) >= 11 is 1.18. The zero-order valence-electron chi connectivity index (χ0n) is 15.4. The van der Waals surface area contributed by atoms with E-state index in [4.69, 9.17) is 5.73 Å². The van der Waals surface area contributed by atoms with Gasteiger partial charge in [-0.2, -0.15) is 0 Å². The fraction of sp³-hybridized carbons (Fsp3) is 0.444. The van der Waals surface area contributed by atoms with E-state index < -0.39 is 17.2 Å². The molecule has 3 amide bonds. The summed E-state index contributed by atoms with van der Waals surface area (Å²) in [6.07, 6.45) is 0. The van der Waals surface area contributed by atoms with Gasteiger partial charge < -0.3 is 5.73 Å². The Morgan fingerprint density at radius 1 is 1.23 bits per heavy atom. The fourth-order valence-corrected chi connectivity index (χ4v) is 3.66. The number of carbonyl (C=O) groups excluding carboxylic acids is 2. The number of nitrogens with zero attached hydrogens (tertiary/aromatic N) is 2. The average Bonchev–Trinajstić information content (AvgIpc) is 2.54. The number of para-hydroxylation sites is 1. The van der Waals surface area contributed by atoms with Crippen molar-refractivity contribution in [3.63, 3.8) is 0 Å². The number of benzene rings is 1. The first-order valence-electron chi connectivity index (χ1n) is 8.47. The number of rotatable bonds is 6. The van der Waals surface area contributed by atoms with Gasteiger partial charge >= 0.3 is 6.03 Å². The highest BCUT2D eigenvalue weighted by molar-refractivity contribution is 8.00. The molecule has 0 saturated carbocycles. The average molecular weight is 376 g/mol. The van der Waals surface area contributed by atoms with E-state index in [2.05, 4.69) is 10.3 Å². The lowest BCUT2D eigenvalue weighted by molar-refractivity contribution is -0.120. The normalized spacial score (nSPS) is 12.5. The molecule has 0 radical (unpaired) electrons. The van der Waals surface area contributed by atoms with Crippen molar-refractivity contribution in [2.24, 2.45) is 17.6 Å². The van der Waals surface area contributed by atoms with E-state index in [9.17, 15) is 14.4 Å². The van der Waals surface area contributed by atoms with Crippen molar-refractivity contribution >= 4 is 34.6 Å². The quantitative estimate of drug-likeness (QED) is 0.594. The highest BCUT2D eigenvalue weighted by Gasteiger charge is 2.27. The molecule has 3 N–H and O–H groups in total. The molecule has 0 fully saturated rings. The van der Waals surface area contributed by atoms with Crippen LogP contribution in [0.4, 0.5) is 4.79 Å². The molecule has 0 aliphatic carbocycles. The summed E-state index contributed by atoms with van der Waals surface area (Å²) < 4.78 is 1.60. The van der Waals surface area contributed by atoms with E-state index in [-0.39, 0.29) is 17.4 Å². The molecular formula is C18H24N4O3S. The maximum atomic E-state index is 12.9. The molecule has 8 heteroatoms. The number of nitrogens with one attached hydrogen (secondary N) is 1. The van der Waals surface area contributed by atoms with Crippen molar-refractivity contribution in [3.05, 3.63) is 34.6 Å². The molecule has 1 aromatic heterocycles. The van der Waals surface area contributed by atoms with Crippen LogP contribution in [0.5, 0.6) is 0 Å². The van der Waals surface area contributed by atoms with Crippen LogP contribution in [0.3, 0.4) is 0 Å². The predicted octanol–water partition coefficient (Wildman–Crippen LogP) is 2.36. The van der Waals surface area contributed by atoms with Crippen molar-refractivity contribution in [3.8, 4) is 0 Å². The van der Waals surface area contributed by atoms with Crippen molar-refractivity contribution in [2.75, 3.05) is 0 Å². The van der Waals surface area contributed by atoms with Crippen LogP contribution in [0.25, 0.3) is 10.9 Å². The first-order chi connectivity index (χ1) is 12.2. The van der Waals surface area contributed by atoms with E-state index in [1.807, 2.05) is 33.8 Å². The second kappa shape index (κ2) is 8.35. The topological polar surface area (TPSA) is 107 Å². The Hall–Kier alpha value is -2.35. The molecule has 140 valence electrons. The van der Waals surface area contributed by atoms with Gasteiger partial charge in [0.05, 0.1) is 16.2 Å². The summed E-state index contributed by atoms with van der Waals surface area (Å²) in [6.45, 7) is 8.24. The third kappa shape index (κ3) is 4.63. The van der Waals surface area contributed by atoms with Crippen LogP contribution in [0.2, 0.25) is 0 Å². The summed E-state index contributed by atoms with van der Waals surface area (Å²) in [4.78, 5) is 40.9. The highest BCUT2D eigenvalue weighted by atomic mass is 32.2. The number of amides is 3. The molecule has 0 aliphatic rings. The molecule has 1 heterocycles. The van der Waals surface area contributed by atoms with Gasteiger partial charge in [0.1, 0.15) is 0 Å². The van der Waals surface area contributed by atoms with Crippen LogP contribution in [-0.2, 0) is 11.3 Å². The number of primary amides is 1. The summed E-state index contributed by atoms with van der Waals surface area (Å²) in [5.74, 6) is -0.349. The maximum Gasteiger partial charge on any atom is 0.318 e. The summed E-state index contributed by atoms with van der Waals surface area (Å²) in [7, 11) is 0. The van der Waals surface area contributed by atoms with E-state index in [1.165, 1.54) is 11.8 Å². The van der Waals surface area contributed by atoms with E-state index >= 15 is 0 Å². The lowest BCUT2D eigenvalue weighted by Crippen LogP contribution is -2.42. The third-order valence-corrected chi connectivity index (χ3v) is 5.25. The zero-order chi connectivity index (χ0) is 19.4. The van der Waals surface area contributed by atoms with Crippen LogP contribution in [0.15, 0.2) is 34.2 Å². The van der Waals surface area contributed by atoms with Gasteiger partial charge in [-0.15, -0.1) is 0 Å². The lowest BCUT2D eigenvalue weighted by atomic mass is 10.1. The minimum Gasteiger partial charge on any atom is -0.351 e. The van der Waals surface area contributed by atoms with Gasteiger partial charge in [0.25, 0.3) is 5.56 Å². The maximum absolute atomic E-state index is 12.9. The SMILES string of the molecule is CC(C)Cn1c(S[C@H](C(=O)NC(N)=O)C(C)C)nc2ccccc2c1=O. The summed E-state index contributed by atoms with van der Waals surface area (Å²) in [5, 5.41) is 2.52. The number of fused-ring (bicyclic) bond motifs is 1. The number of hydrogen-bond acceptors (Lipinski definition) is 5. The Kier molecular flexibility index (Phi) is 6.42. The van der Waals surface area contributed by atoms with Gasteiger partial charge in [-0.05, 0) is 24.0 Å². The molecule has 0 unspecified atom stereocenters. The standard InChI is InChI=1S/C18H24N4O3S/c1-10(2)9-22-16(24)12-7-5-6-8-13(12)20-18(22)26-14(11(3)4)15(23)21-17(19)25/h5-8,10-11,14H,9H2,1-4H3,(H3,19,21,23,25)/t14-/m0/s1. The van der Waals surface area contributed by atoms with Crippen LogP contribution >= 0.6 is 11.8 Å². The number of hydrogen-bond donors (Lipinski definition) is 2. The molecule has 0 spiro atoms. The van der Waals surface area contributed by atoms with Gasteiger partial charge in [0, 0.05) is 6.54 Å². The van der Waals surface area contributed by atoms with Gasteiger partial charge in [-0.1, -0.05) is 51.6 Å². The molecule has 1 aromatic carbocycles. The Balaban J connectivity index is 2.53. The minimum absolute atomic E-state index is 0.0878. The molecule has 0 saturated heterocycles. The second-order valence-electron chi connectivity index (χ2n) is 6.86. The fourth-order valence-electron chi connectivity index (χ4n) is 2.56. The van der Waals surface area contributed by atoms with Crippen molar-refractivity contribution in [2.45, 2.75) is 44.6 Å². The smallest absolute Gasteiger partial charge is 0.318 e. The monoisotopic (exact) mass is 376 g/mol. The van der Waals surface area contributed by atoms with Crippen LogP contribution in [0.1, 0.15) is 27.7 Å². The van der Waals surface area contributed by atoms with Crippen LogP contribution in [-0.4, -0.2) is 26.7 Å². The summed E-state index contributed by atoms with van der Waals surface area (Å²) in [6, 6.07) is 6.24. The first-order valence-corrected chi connectivity index (χ1v) is 9.35. The van der Waals surface area contributed by atoms with Crippen LogP contribution in [0, 0.1) is 11.8 Å². The van der Waals surface area contributed by atoms with Gasteiger partial charge in [0.15, 0.2) is 5.16 Å². The lowest BCUT2D eigenvalue weighted by Gasteiger charge is -2.21. The molecule has 2 aromatic rings. The Morgan fingerprint density at radius 3 is 2.46 bits per heavy atom.